The van der Waals surface area contributed by atoms with Crippen molar-refractivity contribution in [2.45, 2.75) is 52.1 Å². The van der Waals surface area contributed by atoms with E-state index in [0.717, 1.165) is 12.4 Å². The molecule has 0 saturated heterocycles. The SMILES string of the molecule is CC(C)CC(C)N(C)C(=NC1CC1)NN. The highest BCUT2D eigenvalue weighted by molar-refractivity contribution is 5.79. The maximum atomic E-state index is 5.50. The van der Waals surface area contributed by atoms with Crippen LogP contribution in [0.2, 0.25) is 0 Å². The van der Waals surface area contributed by atoms with Crippen molar-refractivity contribution in [3.8, 4) is 0 Å². The summed E-state index contributed by atoms with van der Waals surface area (Å²) in [6.45, 7) is 6.68. The molecule has 0 aromatic heterocycles. The summed E-state index contributed by atoms with van der Waals surface area (Å²) in [5, 5.41) is 0. The molecular weight excluding hydrogens is 188 g/mol. The fraction of sp³-hybridized carbons (Fsp3) is 0.909. The van der Waals surface area contributed by atoms with Crippen LogP contribution in [0.4, 0.5) is 0 Å². The molecule has 1 saturated carbocycles. The lowest BCUT2D eigenvalue weighted by molar-refractivity contribution is 0.323. The molecular formula is C11H24N4. The average molecular weight is 212 g/mol. The highest BCUT2D eigenvalue weighted by Crippen LogP contribution is 2.24. The minimum atomic E-state index is 0.471. The van der Waals surface area contributed by atoms with Crippen LogP contribution in [0.15, 0.2) is 4.99 Å². The minimum Gasteiger partial charge on any atom is -0.342 e. The van der Waals surface area contributed by atoms with Gasteiger partial charge in [0.2, 0.25) is 5.96 Å². The Bertz CT molecular complexity index is 221. The highest BCUT2D eigenvalue weighted by atomic mass is 15.4. The Kier molecular flexibility index (Phi) is 4.39. The van der Waals surface area contributed by atoms with Crippen molar-refractivity contribution >= 4 is 5.96 Å². The van der Waals surface area contributed by atoms with Crippen LogP contribution in [0, 0.1) is 5.92 Å². The van der Waals surface area contributed by atoms with E-state index < -0.39 is 0 Å². The van der Waals surface area contributed by atoms with Gasteiger partial charge in [-0.3, -0.25) is 5.43 Å². The number of hydrazine groups is 1. The third kappa shape index (κ3) is 4.08. The summed E-state index contributed by atoms with van der Waals surface area (Å²) < 4.78 is 0. The second-order valence-corrected chi connectivity index (χ2v) is 4.92. The van der Waals surface area contributed by atoms with Crippen LogP contribution in [-0.4, -0.2) is 30.0 Å². The number of hydrogen-bond donors (Lipinski definition) is 2. The zero-order valence-electron chi connectivity index (χ0n) is 10.3. The van der Waals surface area contributed by atoms with Gasteiger partial charge in [-0.25, -0.2) is 10.8 Å². The van der Waals surface area contributed by atoms with Gasteiger partial charge >= 0.3 is 0 Å². The Hall–Kier alpha value is -0.770. The summed E-state index contributed by atoms with van der Waals surface area (Å²) in [6.07, 6.45) is 3.57. The predicted octanol–water partition coefficient (Wildman–Crippen LogP) is 1.33. The van der Waals surface area contributed by atoms with E-state index in [2.05, 4.69) is 36.1 Å². The fourth-order valence-corrected chi connectivity index (χ4v) is 1.66. The van der Waals surface area contributed by atoms with E-state index in [1.54, 1.807) is 0 Å². The molecule has 1 aliphatic rings. The van der Waals surface area contributed by atoms with Gasteiger partial charge in [0.25, 0.3) is 0 Å². The molecule has 0 amide bonds. The molecule has 1 aliphatic carbocycles. The Balaban J connectivity index is 2.50. The van der Waals surface area contributed by atoms with E-state index in [-0.39, 0.29) is 0 Å². The number of nitrogens with one attached hydrogen (secondary N) is 1. The minimum absolute atomic E-state index is 0.471. The molecule has 3 N–H and O–H groups in total. The molecule has 1 rings (SSSR count). The molecule has 4 nitrogen and oxygen atoms in total. The summed E-state index contributed by atoms with van der Waals surface area (Å²) in [4.78, 5) is 6.68. The maximum Gasteiger partial charge on any atom is 0.208 e. The van der Waals surface area contributed by atoms with Crippen molar-refractivity contribution in [2.75, 3.05) is 7.05 Å². The number of nitrogens with two attached hydrogens (primary N) is 1. The van der Waals surface area contributed by atoms with Crippen LogP contribution in [-0.2, 0) is 0 Å². The summed E-state index contributed by atoms with van der Waals surface area (Å²) in [7, 11) is 2.05. The molecule has 0 bridgehead atoms. The summed E-state index contributed by atoms with van der Waals surface area (Å²) in [5.74, 6) is 7.02. The second-order valence-electron chi connectivity index (χ2n) is 4.92. The summed E-state index contributed by atoms with van der Waals surface area (Å²) in [6, 6.07) is 0.975. The zero-order chi connectivity index (χ0) is 11.4. The molecule has 0 radical (unpaired) electrons. The molecule has 0 aliphatic heterocycles. The first-order valence-electron chi connectivity index (χ1n) is 5.81. The lowest BCUT2D eigenvalue weighted by atomic mass is 10.0. The number of nitrogens with zero attached hydrogens (tertiary/aromatic N) is 2. The number of rotatable bonds is 4. The largest absolute Gasteiger partial charge is 0.342 e. The smallest absolute Gasteiger partial charge is 0.208 e. The van der Waals surface area contributed by atoms with Crippen molar-refractivity contribution in [3.63, 3.8) is 0 Å². The van der Waals surface area contributed by atoms with Crippen molar-refractivity contribution in [1.82, 2.24) is 10.3 Å². The molecule has 0 heterocycles. The lowest BCUT2D eigenvalue weighted by Crippen LogP contribution is -2.47. The molecule has 4 heteroatoms. The fourth-order valence-electron chi connectivity index (χ4n) is 1.66. The van der Waals surface area contributed by atoms with Gasteiger partial charge in [0.1, 0.15) is 0 Å². The van der Waals surface area contributed by atoms with Crippen molar-refractivity contribution < 1.29 is 0 Å². The number of aliphatic imine (C=N–C) groups is 1. The monoisotopic (exact) mass is 212 g/mol. The lowest BCUT2D eigenvalue weighted by Gasteiger charge is -2.28. The van der Waals surface area contributed by atoms with Crippen LogP contribution < -0.4 is 11.3 Å². The first kappa shape index (κ1) is 12.3. The topological polar surface area (TPSA) is 53.6 Å². The van der Waals surface area contributed by atoms with E-state index in [4.69, 9.17) is 5.84 Å². The van der Waals surface area contributed by atoms with E-state index in [9.17, 15) is 0 Å². The summed E-state index contributed by atoms with van der Waals surface area (Å²) in [5.41, 5.74) is 2.70. The Morgan fingerprint density at radius 2 is 2.07 bits per heavy atom. The molecule has 0 aromatic rings. The first-order chi connectivity index (χ1) is 7.04. The second kappa shape index (κ2) is 5.35. The molecule has 0 spiro atoms. The Labute approximate surface area is 92.9 Å². The van der Waals surface area contributed by atoms with Gasteiger partial charge in [-0.2, -0.15) is 0 Å². The van der Waals surface area contributed by atoms with Crippen molar-refractivity contribution in [3.05, 3.63) is 0 Å². The normalized spacial score (nSPS) is 19.2. The summed E-state index contributed by atoms with van der Waals surface area (Å²) >= 11 is 0. The van der Waals surface area contributed by atoms with E-state index in [1.807, 2.05) is 7.05 Å². The van der Waals surface area contributed by atoms with Crippen LogP contribution in [0.3, 0.4) is 0 Å². The third-order valence-corrected chi connectivity index (χ3v) is 2.79. The van der Waals surface area contributed by atoms with Crippen LogP contribution in [0.5, 0.6) is 0 Å². The molecule has 88 valence electrons. The van der Waals surface area contributed by atoms with Gasteiger partial charge in [-0.15, -0.1) is 0 Å². The number of guanidine groups is 1. The van der Waals surface area contributed by atoms with E-state index in [1.165, 1.54) is 12.8 Å². The van der Waals surface area contributed by atoms with Gasteiger partial charge in [0.05, 0.1) is 6.04 Å². The van der Waals surface area contributed by atoms with Gasteiger partial charge in [0, 0.05) is 13.1 Å². The highest BCUT2D eigenvalue weighted by Gasteiger charge is 2.23. The molecule has 1 unspecified atom stereocenters. The molecule has 0 aromatic carbocycles. The van der Waals surface area contributed by atoms with E-state index in [0.29, 0.717) is 18.0 Å². The van der Waals surface area contributed by atoms with Crippen molar-refractivity contribution in [2.24, 2.45) is 16.8 Å². The maximum absolute atomic E-state index is 5.50. The van der Waals surface area contributed by atoms with Crippen molar-refractivity contribution in [1.29, 1.82) is 0 Å². The van der Waals surface area contributed by atoms with Crippen LogP contribution in [0.1, 0.15) is 40.0 Å². The number of hydrogen-bond acceptors (Lipinski definition) is 2. The third-order valence-electron chi connectivity index (χ3n) is 2.79. The van der Waals surface area contributed by atoms with Gasteiger partial charge in [-0.1, -0.05) is 13.8 Å². The average Bonchev–Trinajstić information content (AvgIpc) is 2.95. The van der Waals surface area contributed by atoms with E-state index >= 15 is 0 Å². The zero-order valence-corrected chi connectivity index (χ0v) is 10.3. The Morgan fingerprint density at radius 1 is 1.47 bits per heavy atom. The Morgan fingerprint density at radius 3 is 2.47 bits per heavy atom. The van der Waals surface area contributed by atoms with Gasteiger partial charge < -0.3 is 4.90 Å². The van der Waals surface area contributed by atoms with Crippen LogP contribution >= 0.6 is 0 Å². The first-order valence-corrected chi connectivity index (χ1v) is 5.81. The molecule has 1 atom stereocenters. The van der Waals surface area contributed by atoms with Gasteiger partial charge in [0.15, 0.2) is 0 Å². The van der Waals surface area contributed by atoms with Crippen LogP contribution in [0.25, 0.3) is 0 Å². The quantitative estimate of drug-likeness (QED) is 0.320. The molecule has 15 heavy (non-hydrogen) atoms. The molecule has 1 fully saturated rings. The van der Waals surface area contributed by atoms with Gasteiger partial charge in [-0.05, 0) is 32.1 Å². The predicted molar refractivity (Wildman–Crippen MR) is 64.5 cm³/mol. The standard InChI is InChI=1S/C11H24N4/c1-8(2)7-9(3)15(4)11(14-12)13-10-5-6-10/h8-10H,5-7,12H2,1-4H3,(H,13,14).